The van der Waals surface area contributed by atoms with Gasteiger partial charge in [0.15, 0.2) is 5.78 Å². The Balaban J connectivity index is 1.77. The predicted octanol–water partition coefficient (Wildman–Crippen LogP) is 3.95. The van der Waals surface area contributed by atoms with Crippen molar-refractivity contribution < 1.29 is 23.1 Å². The van der Waals surface area contributed by atoms with Gasteiger partial charge in [0.1, 0.15) is 11.6 Å². The van der Waals surface area contributed by atoms with E-state index in [1.165, 1.54) is 25.5 Å². The van der Waals surface area contributed by atoms with Crippen LogP contribution in [-0.4, -0.2) is 18.9 Å². The number of furan rings is 1. The van der Waals surface area contributed by atoms with Crippen molar-refractivity contribution in [3.63, 3.8) is 0 Å². The molecule has 2 aromatic rings. The van der Waals surface area contributed by atoms with Gasteiger partial charge in [0.25, 0.3) is 0 Å². The highest BCUT2D eigenvalue weighted by Gasteiger charge is 2.42. The summed E-state index contributed by atoms with van der Waals surface area (Å²) >= 11 is 0. The number of dihydropyridines is 1. The number of halogens is 1. The zero-order chi connectivity index (χ0) is 19.8. The molecule has 0 amide bonds. The largest absolute Gasteiger partial charge is 0.468 e. The SMILES string of the molecule is COC(=O)C1=C(C)NC2=C(C(=O)CC(c3ccc(F)cc3)C2)C1c1ccco1. The first-order chi connectivity index (χ1) is 13.5. The topological polar surface area (TPSA) is 68.5 Å². The van der Waals surface area contributed by atoms with Crippen molar-refractivity contribution in [1.29, 1.82) is 0 Å². The molecule has 1 N–H and O–H groups in total. The van der Waals surface area contributed by atoms with Crippen molar-refractivity contribution in [3.05, 3.63) is 82.3 Å². The molecule has 1 aromatic heterocycles. The molecule has 5 nitrogen and oxygen atoms in total. The minimum atomic E-state index is -0.597. The zero-order valence-corrected chi connectivity index (χ0v) is 15.6. The number of hydrogen-bond donors (Lipinski definition) is 1. The van der Waals surface area contributed by atoms with Gasteiger partial charge in [-0.2, -0.15) is 0 Å². The van der Waals surface area contributed by atoms with Gasteiger partial charge in [-0.15, -0.1) is 0 Å². The number of Topliss-reactive ketones (excluding diaryl/α,β-unsaturated/α-hetero) is 1. The lowest BCUT2D eigenvalue weighted by Gasteiger charge is -2.35. The molecule has 6 heteroatoms. The first-order valence-electron chi connectivity index (χ1n) is 9.10. The number of allylic oxidation sites excluding steroid dienone is 3. The maximum absolute atomic E-state index is 13.3. The van der Waals surface area contributed by atoms with Crippen LogP contribution in [0.2, 0.25) is 0 Å². The van der Waals surface area contributed by atoms with Crippen LogP contribution in [0.1, 0.15) is 42.9 Å². The molecular weight excluding hydrogens is 361 g/mol. The fraction of sp³-hybridized carbons (Fsp3) is 0.273. The van der Waals surface area contributed by atoms with Gasteiger partial charge in [0, 0.05) is 23.4 Å². The van der Waals surface area contributed by atoms with E-state index >= 15 is 0 Å². The molecule has 0 saturated carbocycles. The molecule has 144 valence electrons. The highest BCUT2D eigenvalue weighted by atomic mass is 19.1. The minimum absolute atomic E-state index is 0.0518. The van der Waals surface area contributed by atoms with Crippen molar-refractivity contribution in [1.82, 2.24) is 5.32 Å². The van der Waals surface area contributed by atoms with E-state index in [4.69, 9.17) is 9.15 Å². The average Bonchev–Trinajstić information content (AvgIpc) is 3.21. The second-order valence-electron chi connectivity index (χ2n) is 7.08. The Kier molecular flexibility index (Phi) is 4.63. The molecule has 2 heterocycles. The van der Waals surface area contributed by atoms with Crippen LogP contribution in [0.25, 0.3) is 0 Å². The summed E-state index contributed by atoms with van der Waals surface area (Å²) in [4.78, 5) is 25.6. The fourth-order valence-corrected chi connectivity index (χ4v) is 4.13. The van der Waals surface area contributed by atoms with E-state index in [1.807, 2.05) is 0 Å². The number of ether oxygens (including phenoxy) is 1. The number of carbonyl (C=O) groups is 2. The first-order valence-corrected chi connectivity index (χ1v) is 9.10. The van der Waals surface area contributed by atoms with Crippen LogP contribution in [0.3, 0.4) is 0 Å². The summed E-state index contributed by atoms with van der Waals surface area (Å²) < 4.78 is 23.8. The summed E-state index contributed by atoms with van der Waals surface area (Å²) in [7, 11) is 1.32. The number of esters is 1. The Hall–Kier alpha value is -3.15. The number of carbonyl (C=O) groups excluding carboxylic acids is 2. The lowest BCUT2D eigenvalue weighted by molar-refractivity contribution is -0.136. The summed E-state index contributed by atoms with van der Waals surface area (Å²) in [5.74, 6) is -0.975. The number of methoxy groups -OCH3 is 1. The van der Waals surface area contributed by atoms with Crippen molar-refractivity contribution in [2.75, 3.05) is 7.11 Å². The molecule has 1 aliphatic heterocycles. The van der Waals surface area contributed by atoms with Crippen molar-refractivity contribution in [2.24, 2.45) is 0 Å². The Labute approximate surface area is 161 Å². The van der Waals surface area contributed by atoms with Crippen LogP contribution in [0.5, 0.6) is 0 Å². The van der Waals surface area contributed by atoms with Gasteiger partial charge >= 0.3 is 5.97 Å². The molecule has 2 aliphatic rings. The van der Waals surface area contributed by atoms with Gasteiger partial charge in [0.2, 0.25) is 0 Å². The maximum atomic E-state index is 13.3. The van der Waals surface area contributed by atoms with E-state index in [2.05, 4.69) is 5.32 Å². The van der Waals surface area contributed by atoms with E-state index in [0.717, 1.165) is 11.3 Å². The molecule has 1 aromatic carbocycles. The highest BCUT2D eigenvalue weighted by Crippen LogP contribution is 2.45. The second kappa shape index (κ2) is 7.11. The lowest BCUT2D eigenvalue weighted by atomic mass is 9.73. The molecule has 0 saturated heterocycles. The lowest BCUT2D eigenvalue weighted by Crippen LogP contribution is -2.35. The molecule has 4 rings (SSSR count). The fourth-order valence-electron chi connectivity index (χ4n) is 4.13. The Morgan fingerprint density at radius 1 is 1.21 bits per heavy atom. The molecule has 0 radical (unpaired) electrons. The Morgan fingerprint density at radius 2 is 1.96 bits per heavy atom. The summed E-state index contributed by atoms with van der Waals surface area (Å²) in [6.45, 7) is 1.79. The molecular formula is C22H20FNO4. The van der Waals surface area contributed by atoms with E-state index in [0.29, 0.717) is 29.0 Å². The average molecular weight is 381 g/mol. The smallest absolute Gasteiger partial charge is 0.336 e. The van der Waals surface area contributed by atoms with Crippen LogP contribution in [0.4, 0.5) is 4.39 Å². The van der Waals surface area contributed by atoms with Crippen LogP contribution >= 0.6 is 0 Å². The third-order valence-electron chi connectivity index (χ3n) is 5.40. The standard InChI is InChI=1S/C22H20FNO4/c1-12-19(22(26)27-2)21(18-4-3-9-28-18)20-16(24-12)10-14(11-17(20)25)13-5-7-15(23)8-6-13/h3-9,14,21,24H,10-11H2,1-2H3. The van der Waals surface area contributed by atoms with Crippen molar-refractivity contribution in [2.45, 2.75) is 31.6 Å². The second-order valence-corrected chi connectivity index (χ2v) is 7.08. The van der Waals surface area contributed by atoms with Gasteiger partial charge in [-0.25, -0.2) is 9.18 Å². The van der Waals surface area contributed by atoms with Gasteiger partial charge in [0.05, 0.1) is 24.9 Å². The van der Waals surface area contributed by atoms with Gasteiger partial charge < -0.3 is 14.5 Å². The molecule has 0 fully saturated rings. The predicted molar refractivity (Wildman–Crippen MR) is 99.7 cm³/mol. The molecule has 1 aliphatic carbocycles. The van der Waals surface area contributed by atoms with E-state index in [1.54, 1.807) is 31.2 Å². The first kappa shape index (κ1) is 18.2. The molecule has 2 unspecified atom stereocenters. The summed E-state index contributed by atoms with van der Waals surface area (Å²) in [5.41, 5.74) is 3.25. The molecule has 2 atom stereocenters. The zero-order valence-electron chi connectivity index (χ0n) is 15.6. The normalized spacial score (nSPS) is 22.0. The molecule has 28 heavy (non-hydrogen) atoms. The van der Waals surface area contributed by atoms with Gasteiger partial charge in [-0.05, 0) is 49.1 Å². The molecule has 0 bridgehead atoms. The van der Waals surface area contributed by atoms with Gasteiger partial charge in [-0.1, -0.05) is 12.1 Å². The van der Waals surface area contributed by atoms with Crippen LogP contribution in [0, 0.1) is 5.82 Å². The monoisotopic (exact) mass is 381 g/mol. The highest BCUT2D eigenvalue weighted by molar-refractivity contribution is 6.04. The Bertz CT molecular complexity index is 986. The summed E-state index contributed by atoms with van der Waals surface area (Å²) in [5, 5.41) is 3.24. The third kappa shape index (κ3) is 3.05. The summed E-state index contributed by atoms with van der Waals surface area (Å²) in [6, 6.07) is 9.74. The maximum Gasteiger partial charge on any atom is 0.336 e. The molecule has 0 spiro atoms. The van der Waals surface area contributed by atoms with Crippen molar-refractivity contribution >= 4 is 11.8 Å². The number of hydrogen-bond acceptors (Lipinski definition) is 5. The third-order valence-corrected chi connectivity index (χ3v) is 5.40. The van der Waals surface area contributed by atoms with Crippen LogP contribution in [0.15, 0.2) is 69.6 Å². The quantitative estimate of drug-likeness (QED) is 0.816. The van der Waals surface area contributed by atoms with Crippen molar-refractivity contribution in [3.8, 4) is 0 Å². The number of nitrogens with one attached hydrogen (secondary N) is 1. The van der Waals surface area contributed by atoms with E-state index in [-0.39, 0.29) is 23.9 Å². The van der Waals surface area contributed by atoms with E-state index in [9.17, 15) is 14.0 Å². The van der Waals surface area contributed by atoms with Crippen LogP contribution < -0.4 is 5.32 Å². The number of rotatable bonds is 3. The minimum Gasteiger partial charge on any atom is -0.468 e. The number of benzene rings is 1. The van der Waals surface area contributed by atoms with Crippen LogP contribution in [-0.2, 0) is 14.3 Å². The van der Waals surface area contributed by atoms with Gasteiger partial charge in [-0.3, -0.25) is 4.79 Å². The Morgan fingerprint density at radius 3 is 2.61 bits per heavy atom. The number of ketones is 1. The summed E-state index contributed by atoms with van der Waals surface area (Å²) in [6.07, 6.45) is 2.41. The van der Waals surface area contributed by atoms with E-state index < -0.39 is 11.9 Å².